The lowest BCUT2D eigenvalue weighted by Gasteiger charge is -2.40. The highest BCUT2D eigenvalue weighted by molar-refractivity contribution is 5.81. The summed E-state index contributed by atoms with van der Waals surface area (Å²) < 4.78 is 36.9. The Hall–Kier alpha value is -3.89. The Morgan fingerprint density at radius 1 is 1.07 bits per heavy atom. The van der Waals surface area contributed by atoms with Gasteiger partial charge in [0.05, 0.1) is 29.7 Å². The molecule has 1 atom stereocenters. The van der Waals surface area contributed by atoms with Crippen molar-refractivity contribution in [3.05, 3.63) is 93.3 Å². The number of hydrogen-bond acceptors (Lipinski definition) is 7. The summed E-state index contributed by atoms with van der Waals surface area (Å²) in [4.78, 5) is 27.0. The molecular formula is C33H37F2N5O3. The number of aliphatic hydroxyl groups is 1. The molecular weight excluding hydrogens is 552 g/mol. The van der Waals surface area contributed by atoms with Gasteiger partial charge >= 0.3 is 0 Å². The van der Waals surface area contributed by atoms with Crippen LogP contribution in [0.5, 0.6) is 5.75 Å². The van der Waals surface area contributed by atoms with Gasteiger partial charge in [0, 0.05) is 79.4 Å². The van der Waals surface area contributed by atoms with E-state index < -0.39 is 5.82 Å². The van der Waals surface area contributed by atoms with Crippen molar-refractivity contribution in [2.24, 2.45) is 0 Å². The smallest absolute Gasteiger partial charge is 0.193 e. The molecule has 3 aromatic heterocycles. The molecule has 8 nitrogen and oxygen atoms in total. The summed E-state index contributed by atoms with van der Waals surface area (Å²) >= 11 is 0. The summed E-state index contributed by atoms with van der Waals surface area (Å²) in [5.74, 6) is -0.914. The highest BCUT2D eigenvalue weighted by Gasteiger charge is 2.30. The minimum Gasteiger partial charge on any atom is -0.488 e. The largest absolute Gasteiger partial charge is 0.488 e. The molecule has 0 bridgehead atoms. The Kier molecular flexibility index (Phi) is 8.41. The van der Waals surface area contributed by atoms with Crippen LogP contribution < -0.4 is 15.1 Å². The monoisotopic (exact) mass is 589 g/mol. The molecule has 43 heavy (non-hydrogen) atoms. The van der Waals surface area contributed by atoms with E-state index in [4.69, 9.17) is 9.84 Å². The van der Waals surface area contributed by atoms with E-state index in [-0.39, 0.29) is 42.3 Å². The van der Waals surface area contributed by atoms with Gasteiger partial charge in [-0.3, -0.25) is 19.7 Å². The second kappa shape index (κ2) is 12.4. The molecule has 4 aromatic rings. The summed E-state index contributed by atoms with van der Waals surface area (Å²) in [5, 5.41) is 9.47. The van der Waals surface area contributed by atoms with E-state index in [1.807, 2.05) is 19.2 Å². The van der Waals surface area contributed by atoms with Gasteiger partial charge in [-0.1, -0.05) is 0 Å². The second-order valence-electron chi connectivity index (χ2n) is 11.7. The van der Waals surface area contributed by atoms with Crippen LogP contribution in [0, 0.1) is 25.5 Å². The van der Waals surface area contributed by atoms with Crippen LogP contribution in [0.2, 0.25) is 0 Å². The first kappa shape index (κ1) is 29.2. The maximum absolute atomic E-state index is 15.0. The number of halogens is 2. The molecule has 0 unspecified atom stereocenters. The number of aliphatic hydroxyl groups excluding tert-OH is 1. The minimum absolute atomic E-state index is 0.0265. The predicted molar refractivity (Wildman–Crippen MR) is 161 cm³/mol. The van der Waals surface area contributed by atoms with Crippen molar-refractivity contribution in [2.75, 3.05) is 31.2 Å². The van der Waals surface area contributed by atoms with Gasteiger partial charge in [0.1, 0.15) is 12.4 Å². The Bertz CT molecular complexity index is 1690. The van der Waals surface area contributed by atoms with Crippen LogP contribution in [-0.4, -0.2) is 56.9 Å². The highest BCUT2D eigenvalue weighted by Crippen LogP contribution is 2.38. The van der Waals surface area contributed by atoms with E-state index in [1.54, 1.807) is 31.5 Å². The lowest BCUT2D eigenvalue weighted by Crippen LogP contribution is -2.48. The average molecular weight is 590 g/mol. The van der Waals surface area contributed by atoms with Crippen LogP contribution in [0.25, 0.3) is 10.9 Å². The molecule has 0 amide bonds. The van der Waals surface area contributed by atoms with Gasteiger partial charge in [-0.15, -0.1) is 0 Å². The Morgan fingerprint density at radius 2 is 1.91 bits per heavy atom. The number of pyridine rings is 3. The van der Waals surface area contributed by atoms with Crippen molar-refractivity contribution in [1.82, 2.24) is 19.4 Å². The van der Waals surface area contributed by atoms with Crippen molar-refractivity contribution in [3.8, 4) is 5.75 Å². The predicted octanol–water partition coefficient (Wildman–Crippen LogP) is 5.06. The standard InChI is InChI=1S/C33H37F2N5O3/c1-21-12-23(7-8-36-21)17-39(26-4-3-9-38(20-26)27-13-29(34)22(2)37-16-27)18-24-19-40(25-5-6-25)31-15-32(43-11-10-41)30(35)14-28(31)33(24)42/h7-8,12-16,19,25-26,41H,3-6,9-11,17-18,20H2,1-2H3/t26-/m0/s1. The number of benzene rings is 1. The molecule has 2 aliphatic rings. The third-order valence-corrected chi connectivity index (χ3v) is 8.46. The topological polar surface area (TPSA) is 83.7 Å². The third kappa shape index (κ3) is 6.40. The van der Waals surface area contributed by atoms with Gasteiger partial charge in [-0.05, 0) is 63.3 Å². The summed E-state index contributed by atoms with van der Waals surface area (Å²) in [6.45, 7) is 5.81. The number of piperidine rings is 1. The van der Waals surface area contributed by atoms with E-state index in [0.29, 0.717) is 41.8 Å². The molecule has 0 radical (unpaired) electrons. The normalized spacial score (nSPS) is 17.2. The molecule has 1 aliphatic carbocycles. The maximum Gasteiger partial charge on any atom is 0.193 e. The molecule has 1 saturated carbocycles. The zero-order valence-electron chi connectivity index (χ0n) is 24.6. The fourth-order valence-electron chi connectivity index (χ4n) is 6.07. The minimum atomic E-state index is -0.622. The molecule has 2 fully saturated rings. The van der Waals surface area contributed by atoms with Gasteiger partial charge in [-0.25, -0.2) is 8.78 Å². The fraction of sp³-hybridized carbons (Fsp3) is 0.424. The van der Waals surface area contributed by atoms with Gasteiger partial charge in [-0.2, -0.15) is 0 Å². The number of nitrogens with zero attached hydrogens (tertiary/aromatic N) is 5. The van der Waals surface area contributed by atoms with Crippen LogP contribution >= 0.6 is 0 Å². The van der Waals surface area contributed by atoms with E-state index in [1.165, 1.54) is 6.07 Å². The summed E-state index contributed by atoms with van der Waals surface area (Å²) in [7, 11) is 0. The van der Waals surface area contributed by atoms with Crippen LogP contribution in [0.4, 0.5) is 14.5 Å². The number of aryl methyl sites for hydroxylation is 2. The van der Waals surface area contributed by atoms with Crippen molar-refractivity contribution >= 4 is 16.6 Å². The first-order valence-corrected chi connectivity index (χ1v) is 14.9. The zero-order valence-corrected chi connectivity index (χ0v) is 24.6. The SMILES string of the molecule is Cc1cc(CN(Cc2cn(C3CC3)c3cc(OCCO)c(F)cc3c2=O)[C@H]2CCCN(c3cnc(C)c(F)c3)C2)ccn1. The Morgan fingerprint density at radius 3 is 2.65 bits per heavy atom. The molecule has 1 aliphatic heterocycles. The van der Waals surface area contributed by atoms with Crippen molar-refractivity contribution < 1.29 is 18.6 Å². The van der Waals surface area contributed by atoms with Crippen molar-refractivity contribution in [1.29, 1.82) is 0 Å². The highest BCUT2D eigenvalue weighted by atomic mass is 19.1. The van der Waals surface area contributed by atoms with Crippen LogP contribution in [0.15, 0.2) is 53.7 Å². The number of fused-ring (bicyclic) bond motifs is 1. The van der Waals surface area contributed by atoms with Crippen LogP contribution in [-0.2, 0) is 13.1 Å². The number of ether oxygens (including phenoxy) is 1. The van der Waals surface area contributed by atoms with Gasteiger partial charge in [0.15, 0.2) is 17.0 Å². The summed E-state index contributed by atoms with van der Waals surface area (Å²) in [6, 6.07) is 8.77. The number of anilines is 1. The van der Waals surface area contributed by atoms with E-state index in [0.717, 1.165) is 49.2 Å². The lowest BCUT2D eigenvalue weighted by molar-refractivity contribution is 0.158. The quantitative estimate of drug-likeness (QED) is 0.277. The third-order valence-electron chi connectivity index (χ3n) is 8.46. The summed E-state index contributed by atoms with van der Waals surface area (Å²) in [6.07, 6.45) is 9.26. The van der Waals surface area contributed by atoms with Gasteiger partial charge < -0.3 is 19.3 Å². The maximum atomic E-state index is 15.0. The lowest BCUT2D eigenvalue weighted by atomic mass is 10.0. The molecule has 4 heterocycles. The molecule has 1 saturated heterocycles. The number of rotatable bonds is 10. The molecule has 1 aromatic carbocycles. The molecule has 226 valence electrons. The van der Waals surface area contributed by atoms with Crippen molar-refractivity contribution in [3.63, 3.8) is 0 Å². The van der Waals surface area contributed by atoms with E-state index in [9.17, 15) is 9.18 Å². The first-order valence-electron chi connectivity index (χ1n) is 14.9. The fourth-order valence-corrected chi connectivity index (χ4v) is 6.07. The van der Waals surface area contributed by atoms with E-state index in [2.05, 4.69) is 30.4 Å². The zero-order chi connectivity index (χ0) is 30.1. The van der Waals surface area contributed by atoms with E-state index >= 15 is 4.39 Å². The first-order chi connectivity index (χ1) is 20.8. The Labute approximate surface area is 249 Å². The molecule has 1 N–H and O–H groups in total. The molecule has 6 rings (SSSR count). The van der Waals surface area contributed by atoms with Gasteiger partial charge in [0.25, 0.3) is 0 Å². The van der Waals surface area contributed by atoms with Gasteiger partial charge in [0.2, 0.25) is 0 Å². The Balaban J connectivity index is 1.37. The average Bonchev–Trinajstić information content (AvgIpc) is 3.84. The van der Waals surface area contributed by atoms with Crippen molar-refractivity contribution in [2.45, 2.75) is 64.7 Å². The van der Waals surface area contributed by atoms with Crippen LogP contribution in [0.3, 0.4) is 0 Å². The number of aromatic nitrogens is 3. The summed E-state index contributed by atoms with van der Waals surface area (Å²) in [5.41, 5.74) is 4.18. The van der Waals surface area contributed by atoms with Crippen LogP contribution in [0.1, 0.15) is 54.2 Å². The molecule has 0 spiro atoms. The second-order valence-corrected chi connectivity index (χ2v) is 11.7. The number of hydrogen-bond donors (Lipinski definition) is 1. The molecule has 10 heteroatoms.